The van der Waals surface area contributed by atoms with Gasteiger partial charge < -0.3 is 23.7 Å². The fourth-order valence-electron chi connectivity index (χ4n) is 8.89. The minimum atomic E-state index is -0.443. The predicted molar refractivity (Wildman–Crippen MR) is 195 cm³/mol. The number of hydrogen-bond donors (Lipinski definition) is 0. The summed E-state index contributed by atoms with van der Waals surface area (Å²) in [6.07, 6.45) is 20.5. The summed E-state index contributed by atoms with van der Waals surface area (Å²) in [7, 11) is 3.08. The first-order valence-corrected chi connectivity index (χ1v) is 19.3. The number of carbonyl (C=O) groups excluding carboxylic acids is 2. The van der Waals surface area contributed by atoms with Crippen molar-refractivity contribution in [3.63, 3.8) is 0 Å². The quantitative estimate of drug-likeness (QED) is 0.0818. The Hall–Kier alpha value is -2.64. The van der Waals surface area contributed by atoms with Crippen LogP contribution in [0.25, 0.3) is 0 Å². The van der Waals surface area contributed by atoms with Crippen LogP contribution in [-0.4, -0.2) is 59.2 Å². The molecule has 0 atom stereocenters. The van der Waals surface area contributed by atoms with Crippen molar-refractivity contribution in [1.82, 2.24) is 0 Å². The van der Waals surface area contributed by atoms with Crippen LogP contribution in [0, 0.1) is 23.7 Å². The zero-order valence-corrected chi connectivity index (χ0v) is 30.8. The van der Waals surface area contributed by atoms with Gasteiger partial charge in [-0.1, -0.05) is 51.8 Å². The Morgan fingerprint density at radius 1 is 0.653 bits per heavy atom. The molecular weight excluding hydrogens is 616 g/mol. The highest BCUT2D eigenvalue weighted by Crippen LogP contribution is 2.48. The largest absolute Gasteiger partial charge is 0.490 e. The third kappa shape index (κ3) is 12.3. The van der Waals surface area contributed by atoms with Gasteiger partial charge in [0.05, 0.1) is 31.0 Å². The summed E-state index contributed by atoms with van der Waals surface area (Å²) in [6.45, 7) is 11.1. The molecule has 0 aromatic heterocycles. The van der Waals surface area contributed by atoms with E-state index in [0.29, 0.717) is 42.1 Å². The summed E-state index contributed by atoms with van der Waals surface area (Å²) >= 11 is 0. The van der Waals surface area contributed by atoms with Gasteiger partial charge in [0.1, 0.15) is 19.0 Å². The molecule has 3 aliphatic carbocycles. The fourth-order valence-corrected chi connectivity index (χ4v) is 8.89. The molecule has 3 saturated carbocycles. The van der Waals surface area contributed by atoms with Crippen molar-refractivity contribution < 1.29 is 33.3 Å². The van der Waals surface area contributed by atoms with Crippen LogP contribution in [0.2, 0.25) is 0 Å². The minimum absolute atomic E-state index is 0.163. The van der Waals surface area contributed by atoms with Gasteiger partial charge in [0.25, 0.3) is 0 Å². The predicted octanol–water partition coefficient (Wildman–Crippen LogP) is 9.49. The molecule has 7 heteroatoms. The summed E-state index contributed by atoms with van der Waals surface area (Å²) in [5.41, 5.74) is 3.67. The third-order valence-electron chi connectivity index (χ3n) is 11.6. The molecule has 3 aliphatic rings. The molecular formula is C42H64O7. The minimum Gasteiger partial charge on any atom is -0.490 e. The van der Waals surface area contributed by atoms with E-state index in [1.165, 1.54) is 108 Å². The van der Waals surface area contributed by atoms with E-state index >= 15 is 0 Å². The molecule has 49 heavy (non-hydrogen) atoms. The molecule has 0 amide bonds. The number of methoxy groups -OCH3 is 2. The van der Waals surface area contributed by atoms with Crippen molar-refractivity contribution in [2.24, 2.45) is 23.7 Å². The Kier molecular flexibility index (Phi) is 16.7. The third-order valence-corrected chi connectivity index (χ3v) is 11.6. The lowest BCUT2D eigenvalue weighted by Gasteiger charge is -2.39. The van der Waals surface area contributed by atoms with Gasteiger partial charge in [-0.05, 0) is 136 Å². The van der Waals surface area contributed by atoms with Crippen LogP contribution in [-0.2, 0) is 28.5 Å². The number of rotatable bonds is 19. The fraction of sp³-hybridized carbons (Fsp3) is 0.714. The zero-order chi connectivity index (χ0) is 35.0. The smallest absolute Gasteiger partial charge is 0.335 e. The van der Waals surface area contributed by atoms with Gasteiger partial charge in [0.2, 0.25) is 0 Å². The molecule has 1 aromatic rings. The molecule has 0 spiro atoms. The number of ether oxygens (including phenoxy) is 5. The van der Waals surface area contributed by atoms with E-state index < -0.39 is 5.97 Å². The van der Waals surface area contributed by atoms with Crippen LogP contribution in [0.1, 0.15) is 133 Å². The molecule has 0 N–H and O–H groups in total. The monoisotopic (exact) mass is 680 g/mol. The van der Waals surface area contributed by atoms with E-state index in [2.05, 4.69) is 38.3 Å². The van der Waals surface area contributed by atoms with Gasteiger partial charge in [0.15, 0.2) is 0 Å². The maximum Gasteiger partial charge on any atom is 0.335 e. The SMILES string of the molecule is C=C(COC)C(=O)OCCCC1CCC(c2ccc(OCCOC(=O)C(=C)COC)cc2C2CCC(C3CCC(CCC)CC3)CC2)CC1. The molecule has 7 nitrogen and oxygen atoms in total. The van der Waals surface area contributed by atoms with Gasteiger partial charge in [-0.3, -0.25) is 0 Å². The molecule has 274 valence electrons. The standard InChI is InChI=1S/C42H64O7/c1-6-8-32-10-14-34(15-11-32)35-18-20-37(21-19-35)40-27-38(47-25-26-49-42(44)31(3)29-46-5)22-23-39(40)36-16-12-33(13-17-36)9-7-24-48-41(43)30(2)28-45-4/h22-23,27,32-37H,2-3,6-21,24-26,28-29H2,1,4-5H3. The molecule has 0 unspecified atom stereocenters. The number of benzene rings is 1. The normalized spacial score (nSPS) is 25.7. The molecule has 3 fully saturated rings. The lowest BCUT2D eigenvalue weighted by atomic mass is 9.67. The average Bonchev–Trinajstić information content (AvgIpc) is 3.12. The van der Waals surface area contributed by atoms with Crippen molar-refractivity contribution >= 4 is 11.9 Å². The lowest BCUT2D eigenvalue weighted by molar-refractivity contribution is -0.141. The summed E-state index contributed by atoms with van der Waals surface area (Å²) in [4.78, 5) is 24.1. The number of esters is 2. The summed E-state index contributed by atoms with van der Waals surface area (Å²) in [5, 5.41) is 0. The Bertz CT molecular complexity index is 1180. The molecule has 4 rings (SSSR count). The van der Waals surface area contributed by atoms with E-state index in [-0.39, 0.29) is 25.8 Å². The van der Waals surface area contributed by atoms with E-state index in [1.54, 1.807) is 7.11 Å². The Morgan fingerprint density at radius 3 is 1.76 bits per heavy atom. The second-order valence-corrected chi connectivity index (χ2v) is 15.0. The zero-order valence-electron chi connectivity index (χ0n) is 30.8. The van der Waals surface area contributed by atoms with Gasteiger partial charge in [0, 0.05) is 14.2 Å². The number of hydrogen-bond acceptors (Lipinski definition) is 7. The highest BCUT2D eigenvalue weighted by molar-refractivity contribution is 5.88. The molecule has 0 bridgehead atoms. The van der Waals surface area contributed by atoms with Gasteiger partial charge >= 0.3 is 11.9 Å². The molecule has 0 aliphatic heterocycles. The Morgan fingerprint density at radius 2 is 1.16 bits per heavy atom. The van der Waals surface area contributed by atoms with Crippen molar-refractivity contribution in [2.45, 2.75) is 121 Å². The van der Waals surface area contributed by atoms with Crippen LogP contribution in [0.5, 0.6) is 5.75 Å². The topological polar surface area (TPSA) is 80.3 Å². The van der Waals surface area contributed by atoms with Crippen molar-refractivity contribution in [1.29, 1.82) is 0 Å². The highest BCUT2D eigenvalue weighted by atomic mass is 16.6. The average molecular weight is 681 g/mol. The van der Waals surface area contributed by atoms with Crippen molar-refractivity contribution in [2.75, 3.05) is 47.3 Å². The lowest BCUT2D eigenvalue weighted by Crippen LogP contribution is -2.26. The summed E-state index contributed by atoms with van der Waals surface area (Å²) < 4.78 is 26.8. The first-order chi connectivity index (χ1) is 23.8. The maximum absolute atomic E-state index is 12.1. The maximum atomic E-state index is 12.1. The van der Waals surface area contributed by atoms with Crippen LogP contribution < -0.4 is 4.74 Å². The van der Waals surface area contributed by atoms with Crippen LogP contribution in [0.3, 0.4) is 0 Å². The molecule has 0 saturated heterocycles. The first kappa shape index (κ1) is 39.2. The Balaban J connectivity index is 1.33. The van der Waals surface area contributed by atoms with Crippen molar-refractivity contribution in [3.05, 3.63) is 53.6 Å². The van der Waals surface area contributed by atoms with E-state index in [0.717, 1.165) is 36.3 Å². The molecule has 1 aromatic carbocycles. The molecule has 0 heterocycles. The molecule has 0 radical (unpaired) electrons. The van der Waals surface area contributed by atoms with E-state index in [4.69, 9.17) is 23.7 Å². The first-order valence-electron chi connectivity index (χ1n) is 19.3. The van der Waals surface area contributed by atoms with E-state index in [9.17, 15) is 9.59 Å². The van der Waals surface area contributed by atoms with Gasteiger partial charge in [-0.25, -0.2) is 9.59 Å². The highest BCUT2D eigenvalue weighted by Gasteiger charge is 2.33. The summed E-state index contributed by atoms with van der Waals surface area (Å²) in [6, 6.07) is 6.75. The van der Waals surface area contributed by atoms with Gasteiger partial charge in [-0.2, -0.15) is 0 Å². The number of carbonyl (C=O) groups is 2. The van der Waals surface area contributed by atoms with Crippen molar-refractivity contribution in [3.8, 4) is 5.75 Å². The van der Waals surface area contributed by atoms with Crippen LogP contribution in [0.15, 0.2) is 42.5 Å². The van der Waals surface area contributed by atoms with Crippen LogP contribution in [0.4, 0.5) is 0 Å². The summed E-state index contributed by atoms with van der Waals surface area (Å²) in [5.74, 6) is 4.65. The second kappa shape index (κ2) is 20.9. The second-order valence-electron chi connectivity index (χ2n) is 15.0. The van der Waals surface area contributed by atoms with Crippen LogP contribution >= 0.6 is 0 Å². The Labute approximate surface area is 296 Å². The van der Waals surface area contributed by atoms with E-state index in [1.807, 2.05) is 0 Å². The van der Waals surface area contributed by atoms with Gasteiger partial charge in [-0.15, -0.1) is 0 Å².